The summed E-state index contributed by atoms with van der Waals surface area (Å²) in [6, 6.07) is 0.210. The average Bonchev–Trinajstić information content (AvgIpc) is 3.10. The van der Waals surface area contributed by atoms with Gasteiger partial charge in [0.15, 0.2) is 23.1 Å². The van der Waals surface area contributed by atoms with E-state index in [1.807, 2.05) is 0 Å². The maximum absolute atomic E-state index is 11.1. The third-order valence-corrected chi connectivity index (χ3v) is 6.98. The molecule has 0 spiro atoms. The number of carbonyl (C=O) groups is 1. The van der Waals surface area contributed by atoms with Crippen LogP contribution in [0.2, 0.25) is 0 Å². The van der Waals surface area contributed by atoms with Gasteiger partial charge in [-0.25, -0.2) is 19.7 Å². The van der Waals surface area contributed by atoms with E-state index < -0.39 is 6.09 Å². The highest BCUT2D eigenvalue weighted by molar-refractivity contribution is 6.03. The average molecular weight is 440 g/mol. The van der Waals surface area contributed by atoms with Crippen molar-refractivity contribution in [3.8, 4) is 0 Å². The molecule has 2 aliphatic rings. The van der Waals surface area contributed by atoms with E-state index in [9.17, 15) is 4.79 Å². The first-order valence-electron chi connectivity index (χ1n) is 11.7. The second-order valence-electron chi connectivity index (χ2n) is 9.04. The van der Waals surface area contributed by atoms with Crippen LogP contribution in [0.4, 0.5) is 10.6 Å². The van der Waals surface area contributed by atoms with Gasteiger partial charge < -0.3 is 15.0 Å². The van der Waals surface area contributed by atoms with E-state index in [0.717, 1.165) is 29.8 Å². The zero-order valence-corrected chi connectivity index (χ0v) is 18.9. The second kappa shape index (κ2) is 9.26. The van der Waals surface area contributed by atoms with Crippen LogP contribution in [0.1, 0.15) is 76.9 Å². The molecular weight excluding hydrogens is 406 g/mol. The highest BCUT2D eigenvalue weighted by atomic mass is 16.4. The molecule has 2 aromatic rings. The lowest BCUT2D eigenvalue weighted by Crippen LogP contribution is -2.33. The van der Waals surface area contributed by atoms with Crippen LogP contribution >= 0.6 is 0 Å². The number of allylic oxidation sites excluding steroid dienone is 1. The molecule has 0 saturated heterocycles. The van der Waals surface area contributed by atoms with E-state index >= 15 is 0 Å². The summed E-state index contributed by atoms with van der Waals surface area (Å²) in [6.07, 6.45) is 8.24. The molecule has 4 rings (SSSR count). The van der Waals surface area contributed by atoms with Crippen molar-refractivity contribution in [2.24, 2.45) is 11.8 Å². The number of hydrogen-bond donors (Lipinski definition) is 4. The first-order chi connectivity index (χ1) is 15.4. The number of amides is 1. The summed E-state index contributed by atoms with van der Waals surface area (Å²) >= 11 is 0. The molecule has 2 saturated carbocycles. The molecule has 32 heavy (non-hydrogen) atoms. The van der Waals surface area contributed by atoms with Crippen LogP contribution < -0.4 is 10.6 Å². The number of aryl methyl sites for hydroxylation is 1. The number of aromatic nitrogens is 4. The lowest BCUT2D eigenvalue weighted by atomic mass is 9.80. The van der Waals surface area contributed by atoms with Crippen LogP contribution in [-0.2, 0) is 6.54 Å². The predicted octanol–water partition coefficient (Wildman–Crippen LogP) is 4.63. The van der Waals surface area contributed by atoms with Crippen molar-refractivity contribution in [1.29, 1.82) is 5.41 Å². The normalized spacial score (nSPS) is 18.2. The van der Waals surface area contributed by atoms with Crippen molar-refractivity contribution in [3.05, 3.63) is 18.2 Å². The lowest BCUT2D eigenvalue weighted by molar-refractivity contribution is 0.200. The van der Waals surface area contributed by atoms with Crippen molar-refractivity contribution in [3.63, 3.8) is 0 Å². The number of imidazole rings is 1. The van der Waals surface area contributed by atoms with Gasteiger partial charge in [0, 0.05) is 12.6 Å². The fourth-order valence-corrected chi connectivity index (χ4v) is 4.87. The maximum Gasteiger partial charge on any atom is 0.410 e. The molecule has 2 aromatic heterocycles. The minimum atomic E-state index is -1.32. The van der Waals surface area contributed by atoms with E-state index in [1.165, 1.54) is 38.5 Å². The van der Waals surface area contributed by atoms with Gasteiger partial charge in [-0.05, 0) is 56.9 Å². The summed E-state index contributed by atoms with van der Waals surface area (Å²) in [4.78, 5) is 24.9. The number of amidine groups is 1. The van der Waals surface area contributed by atoms with Crippen LogP contribution in [0.3, 0.4) is 0 Å². The highest BCUT2D eigenvalue weighted by Gasteiger charge is 2.28. The van der Waals surface area contributed by atoms with Gasteiger partial charge in [-0.15, -0.1) is 0 Å². The Hall–Kier alpha value is -2.97. The van der Waals surface area contributed by atoms with Crippen molar-refractivity contribution in [1.82, 2.24) is 24.8 Å². The fourth-order valence-electron chi connectivity index (χ4n) is 4.87. The monoisotopic (exact) mass is 439 g/mol. The molecule has 9 heteroatoms. The molecule has 0 radical (unpaired) electrons. The van der Waals surface area contributed by atoms with Gasteiger partial charge in [-0.1, -0.05) is 32.3 Å². The Morgan fingerprint density at radius 2 is 1.91 bits per heavy atom. The molecule has 0 bridgehead atoms. The van der Waals surface area contributed by atoms with Crippen LogP contribution in [0.15, 0.2) is 6.58 Å². The third kappa shape index (κ3) is 4.33. The molecular formula is C23H33N7O2. The largest absolute Gasteiger partial charge is 0.465 e. The van der Waals surface area contributed by atoms with E-state index in [1.54, 1.807) is 0 Å². The van der Waals surface area contributed by atoms with Gasteiger partial charge in [0.05, 0.1) is 0 Å². The Balaban J connectivity index is 1.79. The van der Waals surface area contributed by atoms with Gasteiger partial charge in [0.1, 0.15) is 11.3 Å². The smallest absolute Gasteiger partial charge is 0.410 e. The van der Waals surface area contributed by atoms with Crippen LogP contribution in [0.25, 0.3) is 16.7 Å². The number of rotatable bonds is 7. The molecule has 9 nitrogen and oxygen atoms in total. The maximum atomic E-state index is 11.1. The summed E-state index contributed by atoms with van der Waals surface area (Å²) in [5, 5.41) is 22.7. The van der Waals surface area contributed by atoms with E-state index in [2.05, 4.69) is 45.6 Å². The number of hydrogen-bond acceptors (Lipinski definition) is 6. The van der Waals surface area contributed by atoms with Gasteiger partial charge in [-0.3, -0.25) is 10.7 Å². The van der Waals surface area contributed by atoms with Crippen molar-refractivity contribution in [2.45, 2.75) is 77.8 Å². The zero-order chi connectivity index (χ0) is 22.8. The minimum Gasteiger partial charge on any atom is -0.465 e. The van der Waals surface area contributed by atoms with Crippen molar-refractivity contribution >= 4 is 34.5 Å². The topological polar surface area (TPSA) is 129 Å². The Bertz CT molecular complexity index is 1030. The molecule has 2 heterocycles. The highest BCUT2D eigenvalue weighted by Crippen LogP contribution is 2.37. The zero-order valence-electron chi connectivity index (χ0n) is 18.9. The number of carboxylic acid groups (broad SMARTS) is 1. The molecule has 172 valence electrons. The molecule has 2 aliphatic carbocycles. The first kappa shape index (κ1) is 22.2. The standard InChI is InChI=1S/C23H33N7O2/c1-4-30-17-19(25-14(3)16-11-8-12-16)27-21(18(24)26-23(31)32)28-20(17)29-22(30)13(2)15-9-6-5-7-10-15/h14-16H,2,4-12H2,1,3H3,(H2,24,26)(H,31,32)(H,25,27,28)/t14-/m1/s1. The number of nitrogens with zero attached hydrogens (tertiary/aromatic N) is 4. The van der Waals surface area contributed by atoms with Crippen LogP contribution in [-0.4, -0.2) is 42.6 Å². The Labute approximate surface area is 188 Å². The molecule has 0 unspecified atom stereocenters. The molecule has 0 aliphatic heterocycles. The number of anilines is 1. The van der Waals surface area contributed by atoms with Crippen molar-refractivity contribution < 1.29 is 9.90 Å². The van der Waals surface area contributed by atoms with Gasteiger partial charge >= 0.3 is 6.09 Å². The molecule has 4 N–H and O–H groups in total. The van der Waals surface area contributed by atoms with Crippen LogP contribution in [0, 0.1) is 17.2 Å². The van der Waals surface area contributed by atoms with E-state index in [-0.39, 0.29) is 17.7 Å². The quantitative estimate of drug-likeness (QED) is 0.368. The minimum absolute atomic E-state index is 0.0128. The Morgan fingerprint density at radius 3 is 2.50 bits per heavy atom. The number of fused-ring (bicyclic) bond motifs is 1. The fraction of sp³-hybridized carbons (Fsp3) is 0.609. The van der Waals surface area contributed by atoms with Crippen molar-refractivity contribution in [2.75, 3.05) is 5.32 Å². The SMILES string of the molecule is C=C(c1nc2nc(C(=N)NC(=O)O)nc(N[C@H](C)C3CCC3)c2n1CC)C1CCCCC1. The summed E-state index contributed by atoms with van der Waals surface area (Å²) < 4.78 is 2.11. The molecule has 1 atom stereocenters. The summed E-state index contributed by atoms with van der Waals surface area (Å²) in [6.45, 7) is 9.31. The molecule has 0 aromatic carbocycles. The number of nitrogens with one attached hydrogen (secondary N) is 3. The van der Waals surface area contributed by atoms with E-state index in [0.29, 0.717) is 29.8 Å². The Kier molecular flexibility index (Phi) is 6.43. The van der Waals surface area contributed by atoms with Gasteiger partial charge in [0.2, 0.25) is 0 Å². The predicted molar refractivity (Wildman–Crippen MR) is 125 cm³/mol. The lowest BCUT2D eigenvalue weighted by Gasteiger charge is -2.32. The first-order valence-corrected chi connectivity index (χ1v) is 11.7. The molecule has 1 amide bonds. The summed E-state index contributed by atoms with van der Waals surface area (Å²) in [5.74, 6) is 2.05. The third-order valence-electron chi connectivity index (χ3n) is 6.98. The van der Waals surface area contributed by atoms with Gasteiger partial charge in [0.25, 0.3) is 0 Å². The van der Waals surface area contributed by atoms with Crippen LogP contribution in [0.5, 0.6) is 0 Å². The van der Waals surface area contributed by atoms with Gasteiger partial charge in [-0.2, -0.15) is 0 Å². The Morgan fingerprint density at radius 1 is 1.19 bits per heavy atom. The second-order valence-corrected chi connectivity index (χ2v) is 9.04. The summed E-state index contributed by atoms with van der Waals surface area (Å²) in [7, 11) is 0. The molecule has 2 fully saturated rings. The van der Waals surface area contributed by atoms with E-state index in [4.69, 9.17) is 15.5 Å². The summed E-state index contributed by atoms with van der Waals surface area (Å²) in [5.41, 5.74) is 2.28.